The van der Waals surface area contributed by atoms with Crippen LogP contribution in [0.4, 0.5) is 5.13 Å². The van der Waals surface area contributed by atoms with Crippen molar-refractivity contribution in [3.8, 4) is 17.2 Å². The molecule has 3 heterocycles. The standard InChI is InChI=1S/C26H21ClN2O8S/c1-11-23(25(32)36-5)38-26(28-11)29-19(12-8-16(33-2)21(35-4)17(9-12)34-3)18-20(30)14-10-13(27)6-7-15(14)37-22(18)24(29)31/h6-10,19H,1-5H3. The molecule has 2 aromatic carbocycles. The van der Waals surface area contributed by atoms with Crippen LogP contribution in [-0.2, 0) is 4.74 Å². The zero-order valence-electron chi connectivity index (χ0n) is 20.9. The fourth-order valence-corrected chi connectivity index (χ4v) is 5.67. The van der Waals surface area contributed by atoms with Gasteiger partial charge in [-0.05, 0) is 42.8 Å². The normalized spacial score (nSPS) is 14.5. The molecule has 0 aliphatic carbocycles. The van der Waals surface area contributed by atoms with E-state index in [9.17, 15) is 14.4 Å². The Kier molecular flexibility index (Phi) is 6.49. The number of esters is 1. The highest BCUT2D eigenvalue weighted by molar-refractivity contribution is 7.17. The summed E-state index contributed by atoms with van der Waals surface area (Å²) in [6, 6.07) is 6.88. The second-order valence-electron chi connectivity index (χ2n) is 8.25. The average Bonchev–Trinajstić information content (AvgIpc) is 3.44. The van der Waals surface area contributed by atoms with E-state index in [1.807, 2.05) is 0 Å². The molecule has 0 saturated heterocycles. The van der Waals surface area contributed by atoms with Crippen molar-refractivity contribution in [3.63, 3.8) is 0 Å². The molecule has 0 bridgehead atoms. The van der Waals surface area contributed by atoms with E-state index >= 15 is 0 Å². The van der Waals surface area contributed by atoms with Crippen LogP contribution in [-0.4, -0.2) is 45.3 Å². The molecule has 4 aromatic rings. The first-order chi connectivity index (χ1) is 18.2. The van der Waals surface area contributed by atoms with Crippen LogP contribution in [0.25, 0.3) is 11.0 Å². The van der Waals surface area contributed by atoms with Crippen molar-refractivity contribution in [2.75, 3.05) is 33.3 Å². The Balaban J connectivity index is 1.83. The maximum absolute atomic E-state index is 13.9. The van der Waals surface area contributed by atoms with Crippen LogP contribution in [0.2, 0.25) is 5.02 Å². The molecular weight excluding hydrogens is 536 g/mol. The van der Waals surface area contributed by atoms with Gasteiger partial charge in [0.1, 0.15) is 10.5 Å². The second-order valence-corrected chi connectivity index (χ2v) is 9.67. The minimum atomic E-state index is -0.998. The van der Waals surface area contributed by atoms with Crippen LogP contribution >= 0.6 is 22.9 Å². The largest absolute Gasteiger partial charge is 0.493 e. The molecule has 0 radical (unpaired) electrons. The fraction of sp³-hybridized carbons (Fsp3) is 0.231. The van der Waals surface area contributed by atoms with Gasteiger partial charge in [-0.25, -0.2) is 9.78 Å². The molecule has 2 aromatic heterocycles. The molecule has 1 atom stereocenters. The number of carbonyl (C=O) groups excluding carboxylic acids is 2. The number of benzene rings is 2. The summed E-state index contributed by atoms with van der Waals surface area (Å²) in [5.41, 5.74) is 0.710. The molecule has 10 nitrogen and oxygen atoms in total. The molecular formula is C26H21ClN2O8S. The zero-order chi connectivity index (χ0) is 27.3. The van der Waals surface area contributed by atoms with Gasteiger partial charge in [0.05, 0.1) is 51.1 Å². The number of aromatic nitrogens is 1. The molecule has 1 unspecified atom stereocenters. The first kappa shape index (κ1) is 25.6. The Morgan fingerprint density at radius 3 is 2.34 bits per heavy atom. The number of fused-ring (bicyclic) bond motifs is 2. The number of thiazole rings is 1. The van der Waals surface area contributed by atoms with E-state index in [-0.39, 0.29) is 32.3 Å². The second kappa shape index (κ2) is 9.66. The monoisotopic (exact) mass is 556 g/mol. The number of halogens is 1. The van der Waals surface area contributed by atoms with Crippen molar-refractivity contribution in [3.05, 3.63) is 73.0 Å². The third-order valence-electron chi connectivity index (χ3n) is 6.20. The van der Waals surface area contributed by atoms with Gasteiger partial charge in [0.15, 0.2) is 22.1 Å². The van der Waals surface area contributed by atoms with Gasteiger partial charge in [0, 0.05) is 5.02 Å². The van der Waals surface area contributed by atoms with Gasteiger partial charge in [0.25, 0.3) is 5.91 Å². The Morgan fingerprint density at radius 2 is 1.74 bits per heavy atom. The third kappa shape index (κ3) is 3.86. The van der Waals surface area contributed by atoms with E-state index < -0.39 is 23.3 Å². The fourth-order valence-electron chi connectivity index (χ4n) is 4.48. The summed E-state index contributed by atoms with van der Waals surface area (Å²) in [5, 5.41) is 0.738. The van der Waals surface area contributed by atoms with E-state index in [2.05, 4.69) is 4.98 Å². The molecule has 12 heteroatoms. The Labute approximate surface area is 225 Å². The first-order valence-corrected chi connectivity index (χ1v) is 12.4. The number of amides is 1. The van der Waals surface area contributed by atoms with Crippen molar-refractivity contribution in [1.29, 1.82) is 0 Å². The van der Waals surface area contributed by atoms with Gasteiger partial charge in [-0.15, -0.1) is 0 Å². The number of rotatable bonds is 6. The van der Waals surface area contributed by atoms with Crippen LogP contribution in [0.5, 0.6) is 17.2 Å². The highest BCUT2D eigenvalue weighted by Gasteiger charge is 2.46. The highest BCUT2D eigenvalue weighted by atomic mass is 35.5. The van der Waals surface area contributed by atoms with E-state index in [0.717, 1.165) is 11.3 Å². The van der Waals surface area contributed by atoms with E-state index in [1.165, 1.54) is 45.5 Å². The quantitative estimate of drug-likeness (QED) is 0.309. The number of carbonyl (C=O) groups is 2. The molecule has 1 aliphatic heterocycles. The van der Waals surface area contributed by atoms with Gasteiger partial charge >= 0.3 is 5.97 Å². The predicted molar refractivity (Wildman–Crippen MR) is 140 cm³/mol. The van der Waals surface area contributed by atoms with Crippen LogP contribution < -0.4 is 24.5 Å². The minimum absolute atomic E-state index is 0.0894. The molecule has 0 spiro atoms. The maximum atomic E-state index is 13.9. The third-order valence-corrected chi connectivity index (χ3v) is 7.57. The lowest BCUT2D eigenvalue weighted by Crippen LogP contribution is -2.29. The summed E-state index contributed by atoms with van der Waals surface area (Å²) in [6.45, 7) is 1.63. The van der Waals surface area contributed by atoms with Crippen molar-refractivity contribution in [2.45, 2.75) is 13.0 Å². The first-order valence-electron chi connectivity index (χ1n) is 11.2. The Morgan fingerprint density at radius 1 is 1.05 bits per heavy atom. The number of hydrogen-bond donors (Lipinski definition) is 0. The molecule has 196 valence electrons. The summed E-state index contributed by atoms with van der Waals surface area (Å²) in [4.78, 5) is 46.1. The average molecular weight is 557 g/mol. The zero-order valence-corrected chi connectivity index (χ0v) is 22.5. The molecule has 0 saturated carbocycles. The van der Waals surface area contributed by atoms with Crippen molar-refractivity contribution in [2.24, 2.45) is 0 Å². The van der Waals surface area contributed by atoms with Gasteiger partial charge in [0.2, 0.25) is 11.5 Å². The number of hydrogen-bond acceptors (Lipinski definition) is 10. The molecule has 1 aliphatic rings. The number of ether oxygens (including phenoxy) is 4. The SMILES string of the molecule is COC(=O)c1sc(N2C(=O)c3oc4ccc(Cl)cc4c(=O)c3C2c2cc(OC)c(OC)c(OC)c2)nc1C. The van der Waals surface area contributed by atoms with Crippen molar-refractivity contribution < 1.29 is 33.0 Å². The van der Waals surface area contributed by atoms with Crippen LogP contribution in [0, 0.1) is 6.92 Å². The lowest BCUT2D eigenvalue weighted by Gasteiger charge is -2.24. The number of methoxy groups -OCH3 is 4. The molecule has 38 heavy (non-hydrogen) atoms. The molecule has 1 amide bonds. The van der Waals surface area contributed by atoms with Crippen LogP contribution in [0.15, 0.2) is 39.5 Å². The van der Waals surface area contributed by atoms with Crippen LogP contribution in [0.1, 0.15) is 43.1 Å². The topological polar surface area (TPSA) is 117 Å². The number of aryl methyl sites for hydroxylation is 1. The smallest absolute Gasteiger partial charge is 0.350 e. The van der Waals surface area contributed by atoms with E-state index in [4.69, 9.17) is 35.0 Å². The summed E-state index contributed by atoms with van der Waals surface area (Å²) in [5.74, 6) is -0.350. The number of nitrogens with zero attached hydrogens (tertiary/aromatic N) is 2. The maximum Gasteiger partial charge on any atom is 0.350 e. The van der Waals surface area contributed by atoms with Gasteiger partial charge in [-0.1, -0.05) is 22.9 Å². The van der Waals surface area contributed by atoms with Gasteiger partial charge in [-0.2, -0.15) is 0 Å². The molecule has 0 fully saturated rings. The highest BCUT2D eigenvalue weighted by Crippen LogP contribution is 2.47. The van der Waals surface area contributed by atoms with Crippen LogP contribution in [0.3, 0.4) is 0 Å². The van der Waals surface area contributed by atoms with Gasteiger partial charge in [-0.3, -0.25) is 14.5 Å². The van der Waals surface area contributed by atoms with E-state index in [1.54, 1.807) is 25.1 Å². The lowest BCUT2D eigenvalue weighted by molar-refractivity contribution is 0.0605. The van der Waals surface area contributed by atoms with Crippen molar-refractivity contribution >= 4 is 50.9 Å². The summed E-state index contributed by atoms with van der Waals surface area (Å²) < 4.78 is 27.3. The lowest BCUT2D eigenvalue weighted by atomic mass is 9.98. The Bertz CT molecular complexity index is 1650. The minimum Gasteiger partial charge on any atom is -0.493 e. The van der Waals surface area contributed by atoms with Crippen molar-refractivity contribution in [1.82, 2.24) is 4.98 Å². The molecule has 0 N–H and O–H groups in total. The summed E-state index contributed by atoms with van der Waals surface area (Å²) in [7, 11) is 5.65. The number of anilines is 1. The van der Waals surface area contributed by atoms with E-state index in [0.29, 0.717) is 33.5 Å². The Hall–Kier alpha value is -4.09. The summed E-state index contributed by atoms with van der Waals surface area (Å²) >= 11 is 7.14. The summed E-state index contributed by atoms with van der Waals surface area (Å²) in [6.07, 6.45) is 0. The predicted octanol–water partition coefficient (Wildman–Crippen LogP) is 4.77. The molecule has 5 rings (SSSR count). The van der Waals surface area contributed by atoms with Gasteiger partial charge < -0.3 is 23.4 Å².